The molecule has 0 aromatic heterocycles. The quantitative estimate of drug-likeness (QED) is 0.823. The molecule has 1 aromatic carbocycles. The van der Waals surface area contributed by atoms with Gasteiger partial charge in [0.2, 0.25) is 5.91 Å². The molecule has 1 amide bonds. The zero-order valence-electron chi connectivity index (χ0n) is 14.7. The minimum Gasteiger partial charge on any atom is -0.379 e. The number of carbonyl (C=O) groups excluding carboxylic acids is 1. The highest BCUT2D eigenvalue weighted by Gasteiger charge is 2.24. The minimum atomic E-state index is 0.174. The van der Waals surface area contributed by atoms with E-state index in [4.69, 9.17) is 4.74 Å². The molecule has 2 aliphatic rings. The lowest BCUT2D eigenvalue weighted by Gasteiger charge is -2.36. The fourth-order valence-corrected chi connectivity index (χ4v) is 3.57. The first-order valence-electron chi connectivity index (χ1n) is 9.06. The third-order valence-electron chi connectivity index (χ3n) is 5.20. The summed E-state index contributed by atoms with van der Waals surface area (Å²) in [5.74, 6) is 0.939. The summed E-state index contributed by atoms with van der Waals surface area (Å²) in [7, 11) is 1.86. The Bertz CT molecular complexity index is 509. The number of morpholine rings is 1. The molecule has 0 radical (unpaired) electrons. The van der Waals surface area contributed by atoms with E-state index >= 15 is 0 Å². The van der Waals surface area contributed by atoms with E-state index in [2.05, 4.69) is 9.80 Å². The van der Waals surface area contributed by atoms with Crippen LogP contribution in [0.4, 0.5) is 5.69 Å². The molecule has 5 heteroatoms. The van der Waals surface area contributed by atoms with Crippen LogP contribution in [0.2, 0.25) is 0 Å². The largest absolute Gasteiger partial charge is 0.379 e. The van der Waals surface area contributed by atoms with Gasteiger partial charge in [-0.3, -0.25) is 14.6 Å². The molecular formula is C19H29N3O2. The maximum atomic E-state index is 12.5. The molecule has 132 valence electrons. The van der Waals surface area contributed by atoms with Crippen LogP contribution in [-0.2, 0) is 9.53 Å². The highest BCUT2D eigenvalue weighted by atomic mass is 16.5. The Labute approximate surface area is 145 Å². The number of benzene rings is 1. The number of hydrogen-bond donors (Lipinski definition) is 0. The van der Waals surface area contributed by atoms with Crippen LogP contribution < -0.4 is 4.90 Å². The Morgan fingerprint density at radius 1 is 1.08 bits per heavy atom. The molecular weight excluding hydrogens is 302 g/mol. The van der Waals surface area contributed by atoms with Gasteiger partial charge in [-0.25, -0.2) is 0 Å². The number of likely N-dealkylation sites (tertiary alicyclic amines) is 1. The molecule has 2 saturated heterocycles. The van der Waals surface area contributed by atoms with Crippen LogP contribution in [0.1, 0.15) is 12.8 Å². The second-order valence-corrected chi connectivity index (χ2v) is 6.92. The standard InChI is InChI=1S/C19H29N3O2/c1-20(18-5-3-2-4-6-18)19(23)16-21-9-7-17(8-10-21)15-22-11-13-24-14-12-22/h2-6,17H,7-16H2,1H3. The van der Waals surface area contributed by atoms with Gasteiger partial charge in [0.05, 0.1) is 19.8 Å². The molecule has 0 atom stereocenters. The number of anilines is 1. The van der Waals surface area contributed by atoms with E-state index in [9.17, 15) is 4.79 Å². The van der Waals surface area contributed by atoms with Gasteiger partial charge < -0.3 is 9.64 Å². The lowest BCUT2D eigenvalue weighted by Crippen LogP contribution is -2.45. The number of ether oxygens (including phenoxy) is 1. The smallest absolute Gasteiger partial charge is 0.240 e. The van der Waals surface area contributed by atoms with E-state index < -0.39 is 0 Å². The highest BCUT2D eigenvalue weighted by molar-refractivity contribution is 5.94. The molecule has 0 aliphatic carbocycles. The summed E-state index contributed by atoms with van der Waals surface area (Å²) in [6.07, 6.45) is 2.39. The normalized spacial score (nSPS) is 20.9. The maximum Gasteiger partial charge on any atom is 0.240 e. The Morgan fingerprint density at radius 3 is 2.42 bits per heavy atom. The van der Waals surface area contributed by atoms with Crippen LogP contribution >= 0.6 is 0 Å². The Morgan fingerprint density at radius 2 is 1.75 bits per heavy atom. The van der Waals surface area contributed by atoms with Crippen molar-refractivity contribution >= 4 is 11.6 Å². The first kappa shape index (κ1) is 17.4. The zero-order valence-corrected chi connectivity index (χ0v) is 14.7. The van der Waals surface area contributed by atoms with Crippen LogP contribution in [0.25, 0.3) is 0 Å². The summed E-state index contributed by atoms with van der Waals surface area (Å²) < 4.78 is 5.42. The van der Waals surface area contributed by atoms with Crippen molar-refractivity contribution in [2.75, 3.05) is 64.4 Å². The van der Waals surface area contributed by atoms with Crippen LogP contribution in [0.15, 0.2) is 30.3 Å². The van der Waals surface area contributed by atoms with Crippen LogP contribution in [0.5, 0.6) is 0 Å². The number of piperidine rings is 1. The first-order valence-corrected chi connectivity index (χ1v) is 9.06. The summed E-state index contributed by atoms with van der Waals surface area (Å²) in [4.78, 5) is 19.1. The lowest BCUT2D eigenvalue weighted by atomic mass is 9.96. The van der Waals surface area contributed by atoms with E-state index in [1.165, 1.54) is 19.4 Å². The van der Waals surface area contributed by atoms with E-state index in [1.807, 2.05) is 37.4 Å². The second kappa shape index (κ2) is 8.60. The molecule has 0 N–H and O–H groups in total. The summed E-state index contributed by atoms with van der Waals surface area (Å²) >= 11 is 0. The van der Waals surface area contributed by atoms with Gasteiger partial charge in [0.1, 0.15) is 0 Å². The van der Waals surface area contributed by atoms with E-state index in [-0.39, 0.29) is 5.91 Å². The molecule has 1 aromatic rings. The number of likely N-dealkylation sites (N-methyl/N-ethyl adjacent to an activating group) is 1. The van der Waals surface area contributed by atoms with Gasteiger partial charge in [0.15, 0.2) is 0 Å². The van der Waals surface area contributed by atoms with E-state index in [0.717, 1.165) is 51.0 Å². The summed E-state index contributed by atoms with van der Waals surface area (Å²) in [5.41, 5.74) is 0.963. The van der Waals surface area contributed by atoms with Crippen molar-refractivity contribution in [2.45, 2.75) is 12.8 Å². The zero-order chi connectivity index (χ0) is 16.8. The van der Waals surface area contributed by atoms with Crippen LogP contribution in [0, 0.1) is 5.92 Å². The van der Waals surface area contributed by atoms with Gasteiger partial charge in [0.25, 0.3) is 0 Å². The van der Waals surface area contributed by atoms with Gasteiger partial charge in [-0.1, -0.05) is 18.2 Å². The van der Waals surface area contributed by atoms with Crippen molar-refractivity contribution in [3.8, 4) is 0 Å². The number of nitrogens with zero attached hydrogens (tertiary/aromatic N) is 3. The van der Waals surface area contributed by atoms with Gasteiger partial charge in [-0.05, 0) is 44.0 Å². The van der Waals surface area contributed by atoms with Crippen molar-refractivity contribution in [3.05, 3.63) is 30.3 Å². The molecule has 0 unspecified atom stereocenters. The predicted molar refractivity (Wildman–Crippen MR) is 96.3 cm³/mol. The topological polar surface area (TPSA) is 36.0 Å². The summed E-state index contributed by atoms with van der Waals surface area (Å²) in [6, 6.07) is 9.87. The van der Waals surface area contributed by atoms with Crippen LogP contribution in [0.3, 0.4) is 0 Å². The van der Waals surface area contributed by atoms with Crippen molar-refractivity contribution in [1.82, 2.24) is 9.80 Å². The average molecular weight is 331 g/mol. The fraction of sp³-hybridized carbons (Fsp3) is 0.632. The highest BCUT2D eigenvalue weighted by Crippen LogP contribution is 2.19. The molecule has 2 fully saturated rings. The summed E-state index contributed by atoms with van der Waals surface area (Å²) in [6.45, 7) is 7.66. The predicted octanol–water partition coefficient (Wildman–Crippen LogP) is 1.69. The molecule has 5 nitrogen and oxygen atoms in total. The number of hydrogen-bond acceptors (Lipinski definition) is 4. The monoisotopic (exact) mass is 331 g/mol. The van der Waals surface area contributed by atoms with Gasteiger partial charge in [-0.2, -0.15) is 0 Å². The third-order valence-corrected chi connectivity index (χ3v) is 5.20. The van der Waals surface area contributed by atoms with Gasteiger partial charge in [-0.15, -0.1) is 0 Å². The minimum absolute atomic E-state index is 0.174. The van der Waals surface area contributed by atoms with Crippen LogP contribution in [-0.4, -0.2) is 75.2 Å². The number of amides is 1. The molecule has 3 rings (SSSR count). The number of carbonyl (C=O) groups is 1. The van der Waals surface area contributed by atoms with Crippen molar-refractivity contribution in [2.24, 2.45) is 5.92 Å². The van der Waals surface area contributed by atoms with E-state index in [1.54, 1.807) is 4.90 Å². The fourth-order valence-electron chi connectivity index (χ4n) is 3.57. The lowest BCUT2D eigenvalue weighted by molar-refractivity contribution is -0.119. The first-order chi connectivity index (χ1) is 11.7. The second-order valence-electron chi connectivity index (χ2n) is 6.92. The SMILES string of the molecule is CN(C(=O)CN1CCC(CN2CCOCC2)CC1)c1ccccc1. The maximum absolute atomic E-state index is 12.5. The van der Waals surface area contributed by atoms with Crippen molar-refractivity contribution in [3.63, 3.8) is 0 Å². The van der Waals surface area contributed by atoms with E-state index in [0.29, 0.717) is 6.54 Å². The summed E-state index contributed by atoms with van der Waals surface area (Å²) in [5, 5.41) is 0. The number of rotatable bonds is 5. The third kappa shape index (κ3) is 4.79. The molecule has 0 bridgehead atoms. The molecule has 24 heavy (non-hydrogen) atoms. The van der Waals surface area contributed by atoms with Gasteiger partial charge in [0, 0.05) is 32.4 Å². The average Bonchev–Trinajstić information content (AvgIpc) is 2.64. The molecule has 0 saturated carbocycles. The Hall–Kier alpha value is -1.43. The molecule has 2 heterocycles. The molecule has 2 aliphatic heterocycles. The number of para-hydroxylation sites is 1. The van der Waals surface area contributed by atoms with Crippen molar-refractivity contribution < 1.29 is 9.53 Å². The van der Waals surface area contributed by atoms with Gasteiger partial charge >= 0.3 is 0 Å². The van der Waals surface area contributed by atoms with Crippen molar-refractivity contribution in [1.29, 1.82) is 0 Å². The Kier molecular flexibility index (Phi) is 6.24. The molecule has 0 spiro atoms. The Balaban J connectivity index is 1.41.